The standard InChI is InChI=1S/C15H13ClFNO/c1-2-18(15-6-4-3-5-13(15)17)14-8-7-12(16)9-11(14)10-19/h3-10H,2H2,1H3. The minimum atomic E-state index is -0.323. The van der Waals surface area contributed by atoms with Gasteiger partial charge in [-0.25, -0.2) is 4.39 Å². The summed E-state index contributed by atoms with van der Waals surface area (Å²) < 4.78 is 13.9. The lowest BCUT2D eigenvalue weighted by molar-refractivity contribution is 0.112. The van der Waals surface area contributed by atoms with Crippen LogP contribution >= 0.6 is 11.6 Å². The van der Waals surface area contributed by atoms with Crippen LogP contribution in [0.15, 0.2) is 42.5 Å². The van der Waals surface area contributed by atoms with Gasteiger partial charge in [0, 0.05) is 17.1 Å². The summed E-state index contributed by atoms with van der Waals surface area (Å²) in [6.45, 7) is 2.44. The molecule has 0 saturated carbocycles. The van der Waals surface area contributed by atoms with Gasteiger partial charge in [0.25, 0.3) is 0 Å². The first-order valence-electron chi connectivity index (χ1n) is 5.94. The molecule has 0 radical (unpaired) electrons. The van der Waals surface area contributed by atoms with E-state index in [9.17, 15) is 9.18 Å². The highest BCUT2D eigenvalue weighted by atomic mass is 35.5. The average molecular weight is 278 g/mol. The molecule has 2 aromatic carbocycles. The minimum absolute atomic E-state index is 0.323. The highest BCUT2D eigenvalue weighted by molar-refractivity contribution is 6.31. The number of halogens is 2. The van der Waals surface area contributed by atoms with E-state index in [0.717, 1.165) is 6.29 Å². The second kappa shape index (κ2) is 5.85. The van der Waals surface area contributed by atoms with Gasteiger partial charge in [-0.2, -0.15) is 0 Å². The van der Waals surface area contributed by atoms with Gasteiger partial charge in [-0.3, -0.25) is 4.79 Å². The maximum atomic E-state index is 13.9. The number of carbonyl (C=O) groups is 1. The average Bonchev–Trinajstić information content (AvgIpc) is 2.43. The Morgan fingerprint density at radius 1 is 1.21 bits per heavy atom. The Kier molecular flexibility index (Phi) is 4.17. The van der Waals surface area contributed by atoms with Crippen LogP contribution in [0.25, 0.3) is 0 Å². The number of hydrogen-bond acceptors (Lipinski definition) is 2. The van der Waals surface area contributed by atoms with Gasteiger partial charge >= 0.3 is 0 Å². The molecule has 0 amide bonds. The van der Waals surface area contributed by atoms with Crippen LogP contribution in [0.1, 0.15) is 17.3 Å². The van der Waals surface area contributed by atoms with E-state index in [-0.39, 0.29) is 5.82 Å². The zero-order chi connectivity index (χ0) is 13.8. The summed E-state index contributed by atoms with van der Waals surface area (Å²) in [5.74, 6) is -0.323. The molecule has 0 unspecified atom stereocenters. The number of hydrogen-bond donors (Lipinski definition) is 0. The van der Waals surface area contributed by atoms with E-state index in [1.165, 1.54) is 6.07 Å². The second-order valence-electron chi connectivity index (χ2n) is 4.02. The second-order valence-corrected chi connectivity index (χ2v) is 4.45. The zero-order valence-corrected chi connectivity index (χ0v) is 11.2. The van der Waals surface area contributed by atoms with Crippen molar-refractivity contribution < 1.29 is 9.18 Å². The van der Waals surface area contributed by atoms with Crippen molar-refractivity contribution in [3.05, 3.63) is 58.9 Å². The van der Waals surface area contributed by atoms with Crippen molar-refractivity contribution in [3.63, 3.8) is 0 Å². The Morgan fingerprint density at radius 2 is 1.95 bits per heavy atom. The summed E-state index contributed by atoms with van der Waals surface area (Å²) in [6.07, 6.45) is 0.727. The monoisotopic (exact) mass is 277 g/mol. The number of rotatable bonds is 4. The highest BCUT2D eigenvalue weighted by Gasteiger charge is 2.15. The predicted octanol–water partition coefficient (Wildman–Crippen LogP) is 4.45. The molecule has 0 heterocycles. The molecule has 0 atom stereocenters. The maximum absolute atomic E-state index is 13.9. The summed E-state index contributed by atoms with van der Waals surface area (Å²) >= 11 is 5.87. The smallest absolute Gasteiger partial charge is 0.152 e. The largest absolute Gasteiger partial charge is 0.339 e. The van der Waals surface area contributed by atoms with E-state index < -0.39 is 0 Å². The molecule has 0 aromatic heterocycles. The number of benzene rings is 2. The van der Waals surface area contributed by atoms with E-state index in [2.05, 4.69) is 0 Å². The minimum Gasteiger partial charge on any atom is -0.339 e. The first-order chi connectivity index (χ1) is 9.17. The SMILES string of the molecule is CCN(c1ccccc1F)c1ccc(Cl)cc1C=O. The van der Waals surface area contributed by atoms with Crippen LogP contribution in [0, 0.1) is 5.82 Å². The Bertz CT molecular complexity index is 600. The van der Waals surface area contributed by atoms with Crippen LogP contribution in [-0.2, 0) is 0 Å². The van der Waals surface area contributed by atoms with Gasteiger partial charge in [0.1, 0.15) is 5.82 Å². The van der Waals surface area contributed by atoms with E-state index in [0.29, 0.717) is 28.5 Å². The molecule has 2 nitrogen and oxygen atoms in total. The molecule has 2 aromatic rings. The molecule has 19 heavy (non-hydrogen) atoms. The van der Waals surface area contributed by atoms with E-state index in [1.54, 1.807) is 41.3 Å². The fraction of sp³-hybridized carbons (Fsp3) is 0.133. The van der Waals surface area contributed by atoms with Gasteiger partial charge in [0.15, 0.2) is 6.29 Å². The molecule has 2 rings (SSSR count). The van der Waals surface area contributed by atoms with Crippen molar-refractivity contribution in [2.45, 2.75) is 6.92 Å². The molecule has 0 N–H and O–H groups in total. The van der Waals surface area contributed by atoms with Gasteiger partial charge in [-0.15, -0.1) is 0 Å². The third-order valence-corrected chi connectivity index (χ3v) is 3.10. The summed E-state index contributed by atoms with van der Waals surface area (Å²) in [4.78, 5) is 12.9. The molecule has 0 bridgehead atoms. The van der Waals surface area contributed by atoms with Crippen LogP contribution in [0.5, 0.6) is 0 Å². The van der Waals surface area contributed by atoms with Crippen molar-refractivity contribution in [1.82, 2.24) is 0 Å². The topological polar surface area (TPSA) is 20.3 Å². The fourth-order valence-electron chi connectivity index (χ4n) is 2.01. The van der Waals surface area contributed by atoms with E-state index in [1.807, 2.05) is 6.92 Å². The van der Waals surface area contributed by atoms with Crippen molar-refractivity contribution in [1.29, 1.82) is 0 Å². The van der Waals surface area contributed by atoms with Crippen LogP contribution in [-0.4, -0.2) is 12.8 Å². The number of aldehydes is 1. The fourth-order valence-corrected chi connectivity index (χ4v) is 2.19. The van der Waals surface area contributed by atoms with Crippen LogP contribution in [0.2, 0.25) is 5.02 Å². The van der Waals surface area contributed by atoms with Gasteiger partial charge in [0.05, 0.1) is 11.4 Å². The Balaban J connectivity index is 2.54. The molecule has 0 saturated heterocycles. The van der Waals surface area contributed by atoms with Crippen LogP contribution < -0.4 is 4.90 Å². The molecule has 0 aliphatic heterocycles. The van der Waals surface area contributed by atoms with Gasteiger partial charge in [-0.1, -0.05) is 23.7 Å². The van der Waals surface area contributed by atoms with Gasteiger partial charge in [0.2, 0.25) is 0 Å². The molecule has 0 aliphatic carbocycles. The van der Waals surface area contributed by atoms with E-state index >= 15 is 0 Å². The Morgan fingerprint density at radius 3 is 2.58 bits per heavy atom. The van der Waals surface area contributed by atoms with E-state index in [4.69, 9.17) is 11.6 Å². The number of carbonyl (C=O) groups excluding carboxylic acids is 1. The molecule has 0 fully saturated rings. The molecule has 0 aliphatic rings. The predicted molar refractivity (Wildman–Crippen MR) is 75.9 cm³/mol. The zero-order valence-electron chi connectivity index (χ0n) is 10.4. The number of anilines is 2. The molecule has 0 spiro atoms. The summed E-state index contributed by atoms with van der Waals surface area (Å²) in [5.41, 5.74) is 1.53. The normalized spacial score (nSPS) is 10.3. The summed E-state index contributed by atoms with van der Waals surface area (Å²) in [6, 6.07) is 11.5. The molecule has 4 heteroatoms. The quantitative estimate of drug-likeness (QED) is 0.770. The maximum Gasteiger partial charge on any atom is 0.152 e. The number of nitrogens with zero attached hydrogens (tertiary/aromatic N) is 1. The summed E-state index contributed by atoms with van der Waals surface area (Å²) in [7, 11) is 0. The van der Waals surface area contributed by atoms with Crippen molar-refractivity contribution in [3.8, 4) is 0 Å². The Hall–Kier alpha value is -1.87. The Labute approximate surface area is 116 Å². The highest BCUT2D eigenvalue weighted by Crippen LogP contribution is 2.31. The number of para-hydroxylation sites is 1. The van der Waals surface area contributed by atoms with Crippen molar-refractivity contribution >= 4 is 29.3 Å². The molecule has 98 valence electrons. The van der Waals surface area contributed by atoms with Gasteiger partial charge in [-0.05, 0) is 37.3 Å². The molecular weight excluding hydrogens is 265 g/mol. The lowest BCUT2D eigenvalue weighted by Gasteiger charge is -2.25. The van der Waals surface area contributed by atoms with Crippen LogP contribution in [0.4, 0.5) is 15.8 Å². The summed E-state index contributed by atoms with van der Waals surface area (Å²) in [5, 5.41) is 0.482. The third-order valence-electron chi connectivity index (χ3n) is 2.87. The first kappa shape index (κ1) is 13.6. The van der Waals surface area contributed by atoms with Gasteiger partial charge < -0.3 is 4.90 Å². The lowest BCUT2D eigenvalue weighted by Crippen LogP contribution is -2.18. The van der Waals surface area contributed by atoms with Crippen molar-refractivity contribution in [2.24, 2.45) is 0 Å². The third kappa shape index (κ3) is 2.76. The first-order valence-corrected chi connectivity index (χ1v) is 6.32. The lowest BCUT2D eigenvalue weighted by atomic mass is 10.1. The molecular formula is C15H13ClFNO. The van der Waals surface area contributed by atoms with Crippen LogP contribution in [0.3, 0.4) is 0 Å². The van der Waals surface area contributed by atoms with Crippen molar-refractivity contribution in [2.75, 3.05) is 11.4 Å².